The molecular weight excluding hydrogens is 251 g/mol. The molecule has 6 heteroatoms. The number of hydrogen-bond acceptors (Lipinski definition) is 3. The smallest absolute Gasteiger partial charge is 0.337 e. The van der Waals surface area contributed by atoms with E-state index in [1.165, 1.54) is 6.07 Å². The number of halogens is 1. The summed E-state index contributed by atoms with van der Waals surface area (Å²) in [6.07, 6.45) is 2.89. The van der Waals surface area contributed by atoms with Crippen LogP contribution in [0.15, 0.2) is 18.2 Å². The highest BCUT2D eigenvalue weighted by Gasteiger charge is 2.37. The van der Waals surface area contributed by atoms with E-state index in [2.05, 4.69) is 5.32 Å². The van der Waals surface area contributed by atoms with Crippen LogP contribution in [0.3, 0.4) is 0 Å². The molecule has 1 saturated carbocycles. The molecule has 4 N–H and O–H groups in total. The molecule has 1 aromatic carbocycles. The Bertz CT molecular complexity index is 525. The first-order valence-corrected chi connectivity index (χ1v) is 6.05. The lowest BCUT2D eigenvalue weighted by atomic mass is 9.97. The maximum absolute atomic E-state index is 13.0. The minimum absolute atomic E-state index is 0.0654. The van der Waals surface area contributed by atoms with Crippen molar-refractivity contribution in [1.82, 2.24) is 0 Å². The molecule has 1 aliphatic rings. The van der Waals surface area contributed by atoms with E-state index in [0.717, 1.165) is 25.0 Å². The molecule has 19 heavy (non-hydrogen) atoms. The highest BCUT2D eigenvalue weighted by molar-refractivity contribution is 6.03. The van der Waals surface area contributed by atoms with Gasteiger partial charge in [0.1, 0.15) is 5.82 Å². The third kappa shape index (κ3) is 2.73. The fraction of sp³-hybridized carbons (Fsp3) is 0.385. The highest BCUT2D eigenvalue weighted by atomic mass is 19.1. The van der Waals surface area contributed by atoms with Gasteiger partial charge in [0.05, 0.1) is 16.8 Å². The van der Waals surface area contributed by atoms with Crippen molar-refractivity contribution in [2.75, 3.05) is 5.32 Å². The van der Waals surface area contributed by atoms with E-state index in [4.69, 9.17) is 10.8 Å². The van der Waals surface area contributed by atoms with Gasteiger partial charge >= 0.3 is 5.97 Å². The van der Waals surface area contributed by atoms with Crippen LogP contribution in [0.4, 0.5) is 10.1 Å². The van der Waals surface area contributed by atoms with Crippen LogP contribution in [0.1, 0.15) is 36.0 Å². The van der Waals surface area contributed by atoms with Crippen molar-refractivity contribution in [3.8, 4) is 0 Å². The van der Waals surface area contributed by atoms with Crippen molar-refractivity contribution >= 4 is 17.6 Å². The number of carbonyl (C=O) groups is 2. The minimum Gasteiger partial charge on any atom is -0.478 e. The van der Waals surface area contributed by atoms with Crippen LogP contribution in [0.2, 0.25) is 0 Å². The van der Waals surface area contributed by atoms with Crippen LogP contribution in [-0.4, -0.2) is 22.5 Å². The van der Waals surface area contributed by atoms with Crippen LogP contribution in [0.5, 0.6) is 0 Å². The maximum Gasteiger partial charge on any atom is 0.337 e. The van der Waals surface area contributed by atoms with Crippen LogP contribution in [0.25, 0.3) is 0 Å². The average molecular weight is 266 g/mol. The van der Waals surface area contributed by atoms with Crippen LogP contribution >= 0.6 is 0 Å². The highest BCUT2D eigenvalue weighted by Crippen LogP contribution is 2.29. The fourth-order valence-corrected chi connectivity index (χ4v) is 2.28. The van der Waals surface area contributed by atoms with E-state index >= 15 is 0 Å². The quantitative estimate of drug-likeness (QED) is 0.776. The summed E-state index contributed by atoms with van der Waals surface area (Å²) in [6.45, 7) is 0. The summed E-state index contributed by atoms with van der Waals surface area (Å²) < 4.78 is 13.0. The largest absolute Gasteiger partial charge is 0.478 e. The first-order chi connectivity index (χ1) is 8.92. The Hall–Kier alpha value is -1.95. The second kappa shape index (κ2) is 4.97. The van der Waals surface area contributed by atoms with Crippen molar-refractivity contribution in [2.45, 2.75) is 31.2 Å². The predicted molar refractivity (Wildman–Crippen MR) is 67.4 cm³/mol. The summed E-state index contributed by atoms with van der Waals surface area (Å²) in [5.41, 5.74) is 4.80. The number of carboxylic acids is 1. The van der Waals surface area contributed by atoms with Gasteiger partial charge in [0, 0.05) is 0 Å². The number of benzene rings is 1. The van der Waals surface area contributed by atoms with E-state index < -0.39 is 23.2 Å². The molecule has 0 radical (unpaired) electrons. The number of carboxylic acid groups (broad SMARTS) is 1. The van der Waals surface area contributed by atoms with Gasteiger partial charge in [-0.1, -0.05) is 12.8 Å². The molecule has 1 fully saturated rings. The number of aromatic carboxylic acids is 1. The molecule has 0 saturated heterocycles. The lowest BCUT2D eigenvalue weighted by molar-refractivity contribution is -0.121. The number of nitrogens with two attached hydrogens (primary N) is 1. The van der Waals surface area contributed by atoms with E-state index in [0.29, 0.717) is 12.8 Å². The molecule has 0 aliphatic heterocycles. The van der Waals surface area contributed by atoms with Gasteiger partial charge in [-0.05, 0) is 31.0 Å². The third-order valence-corrected chi connectivity index (χ3v) is 3.41. The van der Waals surface area contributed by atoms with Gasteiger partial charge in [0.2, 0.25) is 5.91 Å². The Morgan fingerprint density at radius 3 is 2.53 bits per heavy atom. The summed E-state index contributed by atoms with van der Waals surface area (Å²) >= 11 is 0. The van der Waals surface area contributed by atoms with Gasteiger partial charge in [-0.3, -0.25) is 4.79 Å². The first kappa shape index (κ1) is 13.5. The molecule has 2 rings (SSSR count). The van der Waals surface area contributed by atoms with Crippen molar-refractivity contribution in [3.05, 3.63) is 29.6 Å². The number of nitrogens with one attached hydrogen (secondary N) is 1. The Balaban J connectivity index is 2.23. The van der Waals surface area contributed by atoms with Crippen molar-refractivity contribution in [1.29, 1.82) is 0 Å². The summed E-state index contributed by atoms with van der Waals surface area (Å²) in [4.78, 5) is 23.1. The van der Waals surface area contributed by atoms with Gasteiger partial charge in [-0.15, -0.1) is 0 Å². The number of amides is 1. The normalized spacial score (nSPS) is 17.2. The number of carbonyl (C=O) groups excluding carboxylic acids is 1. The number of anilines is 1. The van der Waals surface area contributed by atoms with Gasteiger partial charge in [-0.2, -0.15) is 0 Å². The van der Waals surface area contributed by atoms with E-state index in [9.17, 15) is 14.0 Å². The standard InChI is InChI=1S/C13H15FN2O3/c14-8-3-4-10(9(7-8)11(17)18)16-12(19)13(15)5-1-2-6-13/h3-4,7H,1-2,5-6,15H2,(H,16,19)(H,17,18). The van der Waals surface area contributed by atoms with E-state index in [1.54, 1.807) is 0 Å². The Labute approximate surface area is 109 Å². The zero-order valence-electron chi connectivity index (χ0n) is 10.3. The molecule has 0 heterocycles. The minimum atomic E-state index is -1.30. The lowest BCUT2D eigenvalue weighted by Crippen LogP contribution is -2.48. The Kier molecular flexibility index (Phi) is 3.53. The van der Waals surface area contributed by atoms with Gasteiger partial charge in [0.15, 0.2) is 0 Å². The zero-order valence-corrected chi connectivity index (χ0v) is 10.3. The fourth-order valence-electron chi connectivity index (χ4n) is 2.28. The predicted octanol–water partition coefficient (Wildman–Crippen LogP) is 1.73. The zero-order chi connectivity index (χ0) is 14.0. The molecule has 0 atom stereocenters. The van der Waals surface area contributed by atoms with E-state index in [1.807, 2.05) is 0 Å². The SMILES string of the molecule is NC1(C(=O)Nc2ccc(F)cc2C(=O)O)CCCC1. The molecule has 0 aromatic heterocycles. The van der Waals surface area contributed by atoms with Gasteiger partial charge in [0.25, 0.3) is 0 Å². The molecule has 0 unspecified atom stereocenters. The van der Waals surface area contributed by atoms with Crippen LogP contribution < -0.4 is 11.1 Å². The summed E-state index contributed by atoms with van der Waals surface area (Å²) in [5, 5.41) is 11.5. The molecule has 1 aliphatic carbocycles. The van der Waals surface area contributed by atoms with Gasteiger partial charge < -0.3 is 16.2 Å². The number of hydrogen-bond donors (Lipinski definition) is 3. The molecular formula is C13H15FN2O3. The number of rotatable bonds is 3. The molecule has 1 amide bonds. The topological polar surface area (TPSA) is 92.4 Å². The molecule has 0 bridgehead atoms. The summed E-state index contributed by atoms with van der Waals surface area (Å²) in [5.74, 6) is -2.38. The monoisotopic (exact) mass is 266 g/mol. The molecule has 102 valence electrons. The summed E-state index contributed by atoms with van der Waals surface area (Å²) in [6, 6.07) is 3.20. The van der Waals surface area contributed by atoms with Crippen molar-refractivity contribution < 1.29 is 19.1 Å². The Morgan fingerprint density at radius 1 is 1.32 bits per heavy atom. The lowest BCUT2D eigenvalue weighted by Gasteiger charge is -2.22. The van der Waals surface area contributed by atoms with Gasteiger partial charge in [-0.25, -0.2) is 9.18 Å². The Morgan fingerprint density at radius 2 is 1.95 bits per heavy atom. The van der Waals surface area contributed by atoms with Crippen LogP contribution in [0, 0.1) is 5.82 Å². The van der Waals surface area contributed by atoms with Crippen molar-refractivity contribution in [2.24, 2.45) is 5.73 Å². The first-order valence-electron chi connectivity index (χ1n) is 6.05. The average Bonchev–Trinajstić information content (AvgIpc) is 2.79. The van der Waals surface area contributed by atoms with Crippen LogP contribution in [-0.2, 0) is 4.79 Å². The molecule has 0 spiro atoms. The van der Waals surface area contributed by atoms with E-state index in [-0.39, 0.29) is 11.3 Å². The maximum atomic E-state index is 13.0. The molecule has 5 nitrogen and oxygen atoms in total. The second-order valence-electron chi connectivity index (χ2n) is 4.81. The third-order valence-electron chi connectivity index (χ3n) is 3.41. The summed E-state index contributed by atoms with van der Waals surface area (Å²) in [7, 11) is 0. The second-order valence-corrected chi connectivity index (χ2v) is 4.81. The van der Waals surface area contributed by atoms with Crippen molar-refractivity contribution in [3.63, 3.8) is 0 Å². The molecule has 1 aromatic rings.